The number of carboxylic acids is 1. The van der Waals surface area contributed by atoms with Crippen LogP contribution in [-0.4, -0.2) is 11.1 Å². The lowest BCUT2D eigenvalue weighted by Crippen LogP contribution is -2.10. The Hall–Kier alpha value is -3.22. The van der Waals surface area contributed by atoms with Crippen molar-refractivity contribution in [2.24, 2.45) is 5.92 Å². The number of carbonyl (C=O) groups is 1. The van der Waals surface area contributed by atoms with Crippen LogP contribution < -0.4 is 0 Å². The molecule has 0 aromatic heterocycles. The molecule has 0 aliphatic heterocycles. The molecule has 1 saturated carbocycles. The van der Waals surface area contributed by atoms with E-state index >= 15 is 4.39 Å². The second-order valence-electron chi connectivity index (χ2n) is 8.61. The molecular weight excluding hydrogens is 439 g/mol. The second kappa shape index (κ2) is 8.96. The third-order valence-corrected chi connectivity index (χ3v) is 6.41. The molecule has 0 saturated heterocycles. The van der Waals surface area contributed by atoms with Crippen LogP contribution in [0.2, 0.25) is 0 Å². The van der Waals surface area contributed by atoms with Crippen molar-refractivity contribution in [3.8, 4) is 22.3 Å². The van der Waals surface area contributed by atoms with E-state index in [2.05, 4.69) is 6.92 Å². The minimum atomic E-state index is -1.87. The Morgan fingerprint density at radius 3 is 1.91 bits per heavy atom. The summed E-state index contributed by atoms with van der Waals surface area (Å²) in [5.41, 5.74) is -0.902. The normalized spacial score (nSPS) is 18.4. The molecule has 1 aliphatic rings. The maximum absolute atomic E-state index is 15.2. The van der Waals surface area contributed by atoms with Gasteiger partial charge in [0.1, 0.15) is 17.2 Å². The Labute approximate surface area is 187 Å². The van der Waals surface area contributed by atoms with Crippen LogP contribution in [0, 0.1) is 35.0 Å². The molecule has 0 heterocycles. The number of benzene rings is 3. The average Bonchev–Trinajstić information content (AvgIpc) is 2.77. The minimum Gasteiger partial charge on any atom is -0.477 e. The topological polar surface area (TPSA) is 37.3 Å². The summed E-state index contributed by atoms with van der Waals surface area (Å²) in [6.45, 7) is 2.21. The van der Waals surface area contributed by atoms with Crippen molar-refractivity contribution >= 4 is 5.97 Å². The first-order valence-electron chi connectivity index (χ1n) is 10.7. The smallest absolute Gasteiger partial charge is 0.341 e. The monoisotopic (exact) mass is 460 g/mol. The van der Waals surface area contributed by atoms with E-state index in [1.54, 1.807) is 12.1 Å². The van der Waals surface area contributed by atoms with Crippen molar-refractivity contribution < 1.29 is 31.9 Å². The fourth-order valence-corrected chi connectivity index (χ4v) is 4.55. The molecule has 0 amide bonds. The Kier molecular flexibility index (Phi) is 6.23. The molecule has 0 bridgehead atoms. The zero-order valence-corrected chi connectivity index (χ0v) is 17.8. The molecule has 33 heavy (non-hydrogen) atoms. The predicted octanol–water partition coefficient (Wildman–Crippen LogP) is 7.71. The van der Waals surface area contributed by atoms with Crippen molar-refractivity contribution in [2.45, 2.75) is 38.5 Å². The Balaban J connectivity index is 1.85. The lowest BCUT2D eigenvalue weighted by molar-refractivity contribution is 0.0686. The number of aromatic carboxylic acids is 1. The van der Waals surface area contributed by atoms with Gasteiger partial charge in [-0.05, 0) is 65.1 Å². The fourth-order valence-electron chi connectivity index (χ4n) is 4.55. The maximum Gasteiger partial charge on any atom is 0.341 e. The number of hydrogen-bond acceptors (Lipinski definition) is 1. The molecule has 0 atom stereocenters. The molecule has 2 nitrogen and oxygen atoms in total. The first kappa shape index (κ1) is 23.0. The molecule has 1 aliphatic carbocycles. The van der Waals surface area contributed by atoms with Crippen molar-refractivity contribution in [1.82, 2.24) is 0 Å². The van der Waals surface area contributed by atoms with Crippen LogP contribution >= 0.6 is 0 Å². The number of halogens is 5. The highest BCUT2D eigenvalue weighted by Crippen LogP contribution is 2.40. The summed E-state index contributed by atoms with van der Waals surface area (Å²) in [7, 11) is 0. The molecule has 0 radical (unpaired) electrons. The SMILES string of the molecule is C[C@H]1CC[C@H](c2ccc(-c3cc(F)c(C(=O)O)c(F)c3-c3cc(F)c(F)c(F)c3)cc2)CC1. The van der Waals surface area contributed by atoms with Crippen molar-refractivity contribution in [1.29, 1.82) is 0 Å². The van der Waals surface area contributed by atoms with Gasteiger partial charge in [0, 0.05) is 5.56 Å². The zero-order chi connectivity index (χ0) is 23.9. The summed E-state index contributed by atoms with van der Waals surface area (Å²) in [5.74, 6) is -8.52. The van der Waals surface area contributed by atoms with Gasteiger partial charge in [-0.1, -0.05) is 44.0 Å². The minimum absolute atomic E-state index is 0.0933. The highest BCUT2D eigenvalue weighted by molar-refractivity contribution is 5.94. The van der Waals surface area contributed by atoms with Crippen LogP contribution in [0.25, 0.3) is 22.3 Å². The predicted molar refractivity (Wildman–Crippen MR) is 114 cm³/mol. The van der Waals surface area contributed by atoms with E-state index in [0.717, 1.165) is 37.3 Å². The van der Waals surface area contributed by atoms with Gasteiger partial charge in [0.15, 0.2) is 17.5 Å². The van der Waals surface area contributed by atoms with E-state index in [9.17, 15) is 27.5 Å². The Bertz CT molecular complexity index is 1190. The molecule has 7 heteroatoms. The van der Waals surface area contributed by atoms with Gasteiger partial charge in [0.05, 0.1) is 0 Å². The molecule has 1 fully saturated rings. The molecule has 4 rings (SSSR count). The third-order valence-electron chi connectivity index (χ3n) is 6.41. The zero-order valence-electron chi connectivity index (χ0n) is 17.8. The van der Waals surface area contributed by atoms with E-state index in [0.29, 0.717) is 29.5 Å². The average molecular weight is 460 g/mol. The highest BCUT2D eigenvalue weighted by Gasteiger charge is 2.27. The van der Waals surface area contributed by atoms with Gasteiger partial charge in [-0.3, -0.25) is 0 Å². The van der Waals surface area contributed by atoms with Gasteiger partial charge in [0.2, 0.25) is 0 Å². The van der Waals surface area contributed by atoms with Crippen LogP contribution in [0.3, 0.4) is 0 Å². The summed E-state index contributed by atoms with van der Waals surface area (Å²) in [4.78, 5) is 11.4. The highest BCUT2D eigenvalue weighted by atomic mass is 19.2. The van der Waals surface area contributed by atoms with Crippen molar-refractivity contribution in [2.75, 3.05) is 0 Å². The second-order valence-corrected chi connectivity index (χ2v) is 8.61. The van der Waals surface area contributed by atoms with E-state index in [4.69, 9.17) is 0 Å². The van der Waals surface area contributed by atoms with E-state index in [1.165, 1.54) is 0 Å². The lowest BCUT2D eigenvalue weighted by atomic mass is 9.79. The van der Waals surface area contributed by atoms with Crippen molar-refractivity contribution in [3.05, 3.63) is 82.7 Å². The number of hydrogen-bond donors (Lipinski definition) is 1. The largest absolute Gasteiger partial charge is 0.477 e. The van der Waals surface area contributed by atoms with Crippen LogP contribution in [0.15, 0.2) is 42.5 Å². The Morgan fingerprint density at radius 1 is 0.788 bits per heavy atom. The summed E-state index contributed by atoms with van der Waals surface area (Å²) < 4.78 is 71.0. The van der Waals surface area contributed by atoms with Gasteiger partial charge < -0.3 is 5.11 Å². The summed E-state index contributed by atoms with van der Waals surface area (Å²) in [5, 5.41) is 9.24. The quantitative estimate of drug-likeness (QED) is 0.320. The summed E-state index contributed by atoms with van der Waals surface area (Å²) >= 11 is 0. The van der Waals surface area contributed by atoms with Crippen LogP contribution in [0.5, 0.6) is 0 Å². The van der Waals surface area contributed by atoms with E-state index in [1.807, 2.05) is 12.1 Å². The fraction of sp³-hybridized carbons (Fsp3) is 0.269. The lowest BCUT2D eigenvalue weighted by Gasteiger charge is -2.26. The molecular formula is C26H21F5O2. The van der Waals surface area contributed by atoms with Gasteiger partial charge in [-0.25, -0.2) is 26.7 Å². The van der Waals surface area contributed by atoms with Gasteiger partial charge in [-0.15, -0.1) is 0 Å². The molecule has 0 spiro atoms. The number of rotatable bonds is 4. The summed E-state index contributed by atoms with van der Waals surface area (Å²) in [6.07, 6.45) is 4.31. The molecule has 0 unspecified atom stereocenters. The molecule has 1 N–H and O–H groups in total. The standard InChI is InChI=1S/C26H21F5O2/c1-13-2-4-14(5-3-13)15-6-8-16(9-7-15)18-12-19(27)23(26(32)33)25(31)22(18)17-10-20(28)24(30)21(29)11-17/h6-14H,2-5H2,1H3,(H,32,33)/t13-,14-. The maximum atomic E-state index is 15.2. The van der Waals surface area contributed by atoms with Crippen molar-refractivity contribution in [3.63, 3.8) is 0 Å². The summed E-state index contributed by atoms with van der Waals surface area (Å²) in [6, 6.07) is 8.89. The molecule has 3 aromatic carbocycles. The van der Waals surface area contributed by atoms with Gasteiger partial charge in [-0.2, -0.15) is 0 Å². The third kappa shape index (κ3) is 4.36. The first-order valence-corrected chi connectivity index (χ1v) is 10.7. The first-order chi connectivity index (χ1) is 15.7. The molecule has 3 aromatic rings. The van der Waals surface area contributed by atoms with E-state index < -0.39 is 51.7 Å². The Morgan fingerprint density at radius 2 is 1.36 bits per heavy atom. The van der Waals surface area contributed by atoms with Crippen LogP contribution in [-0.2, 0) is 0 Å². The van der Waals surface area contributed by atoms with Crippen LogP contribution in [0.4, 0.5) is 22.0 Å². The molecule has 172 valence electrons. The van der Waals surface area contributed by atoms with Gasteiger partial charge >= 0.3 is 5.97 Å². The number of carboxylic acid groups (broad SMARTS) is 1. The van der Waals surface area contributed by atoms with Crippen LogP contribution in [0.1, 0.15) is 54.4 Å². The van der Waals surface area contributed by atoms with Gasteiger partial charge in [0.25, 0.3) is 0 Å². The van der Waals surface area contributed by atoms with E-state index in [-0.39, 0.29) is 5.56 Å².